The molecule has 0 aromatic rings. The Bertz CT molecular complexity index is 276. The predicted octanol–water partition coefficient (Wildman–Crippen LogP) is 1.20. The molecule has 1 rings (SSSR count). The number of amides is 2. The standard InChI is InChI=1S/C11H20N2O3/c1-11(2)6-8(11)7-13-10(16)12-5-3-4-9(14)15/h8H,3-7H2,1-2H3,(H,14,15)(H2,12,13,16). The first kappa shape index (κ1) is 12.8. The van der Waals surface area contributed by atoms with E-state index >= 15 is 0 Å². The van der Waals surface area contributed by atoms with Gasteiger partial charge in [0.25, 0.3) is 0 Å². The highest BCUT2D eigenvalue weighted by Crippen LogP contribution is 2.50. The van der Waals surface area contributed by atoms with E-state index in [2.05, 4.69) is 24.5 Å². The SMILES string of the molecule is CC1(C)CC1CNC(=O)NCCCC(=O)O. The normalized spacial score (nSPS) is 21.2. The van der Waals surface area contributed by atoms with Crippen molar-refractivity contribution >= 4 is 12.0 Å². The topological polar surface area (TPSA) is 78.4 Å². The summed E-state index contributed by atoms with van der Waals surface area (Å²) in [6, 6.07) is -0.201. The van der Waals surface area contributed by atoms with Crippen LogP contribution >= 0.6 is 0 Å². The molecule has 2 amide bonds. The van der Waals surface area contributed by atoms with Crippen LogP contribution in [-0.4, -0.2) is 30.2 Å². The number of urea groups is 1. The highest BCUT2D eigenvalue weighted by Gasteiger charge is 2.45. The van der Waals surface area contributed by atoms with Gasteiger partial charge in [-0.15, -0.1) is 0 Å². The van der Waals surface area contributed by atoms with Crippen molar-refractivity contribution in [1.29, 1.82) is 0 Å². The van der Waals surface area contributed by atoms with Gasteiger partial charge in [-0.25, -0.2) is 4.79 Å². The first-order valence-electron chi connectivity index (χ1n) is 5.65. The smallest absolute Gasteiger partial charge is 0.314 e. The lowest BCUT2D eigenvalue weighted by atomic mass is 10.1. The largest absolute Gasteiger partial charge is 0.481 e. The van der Waals surface area contributed by atoms with Gasteiger partial charge in [-0.2, -0.15) is 0 Å². The molecule has 0 radical (unpaired) electrons. The average Bonchev–Trinajstić information content (AvgIpc) is 2.78. The summed E-state index contributed by atoms with van der Waals surface area (Å²) in [7, 11) is 0. The highest BCUT2D eigenvalue weighted by atomic mass is 16.4. The Morgan fingerprint density at radius 3 is 2.50 bits per heavy atom. The van der Waals surface area contributed by atoms with Gasteiger partial charge in [0.15, 0.2) is 0 Å². The van der Waals surface area contributed by atoms with Crippen molar-refractivity contribution in [2.75, 3.05) is 13.1 Å². The lowest BCUT2D eigenvalue weighted by Gasteiger charge is -2.07. The molecule has 0 aromatic carbocycles. The van der Waals surface area contributed by atoms with Gasteiger partial charge in [-0.3, -0.25) is 4.79 Å². The maximum Gasteiger partial charge on any atom is 0.314 e. The number of hydrogen-bond acceptors (Lipinski definition) is 2. The lowest BCUT2D eigenvalue weighted by molar-refractivity contribution is -0.137. The third-order valence-corrected chi connectivity index (χ3v) is 3.08. The number of nitrogens with one attached hydrogen (secondary N) is 2. The molecule has 92 valence electrons. The van der Waals surface area contributed by atoms with E-state index in [0.717, 1.165) is 6.42 Å². The summed E-state index contributed by atoms with van der Waals surface area (Å²) in [5.41, 5.74) is 0.372. The van der Waals surface area contributed by atoms with Gasteiger partial charge in [-0.1, -0.05) is 13.8 Å². The molecule has 0 aliphatic heterocycles. The lowest BCUT2D eigenvalue weighted by Crippen LogP contribution is -2.37. The van der Waals surface area contributed by atoms with Crippen molar-refractivity contribution in [3.63, 3.8) is 0 Å². The summed E-state index contributed by atoms with van der Waals surface area (Å²) >= 11 is 0. The second kappa shape index (κ2) is 5.18. The fourth-order valence-corrected chi connectivity index (χ4v) is 1.64. The van der Waals surface area contributed by atoms with Crippen LogP contribution in [0, 0.1) is 11.3 Å². The Morgan fingerprint density at radius 1 is 1.38 bits per heavy atom. The van der Waals surface area contributed by atoms with Crippen LogP contribution in [0.25, 0.3) is 0 Å². The Labute approximate surface area is 95.6 Å². The number of carbonyl (C=O) groups is 2. The minimum Gasteiger partial charge on any atom is -0.481 e. The average molecular weight is 228 g/mol. The molecule has 0 bridgehead atoms. The zero-order valence-corrected chi connectivity index (χ0v) is 9.88. The fraction of sp³-hybridized carbons (Fsp3) is 0.818. The molecule has 1 atom stereocenters. The van der Waals surface area contributed by atoms with Crippen molar-refractivity contribution in [3.05, 3.63) is 0 Å². The van der Waals surface area contributed by atoms with Gasteiger partial charge < -0.3 is 15.7 Å². The molecule has 1 saturated carbocycles. The minimum absolute atomic E-state index is 0.0932. The zero-order chi connectivity index (χ0) is 12.2. The Kier molecular flexibility index (Phi) is 4.15. The third-order valence-electron chi connectivity index (χ3n) is 3.08. The number of rotatable bonds is 6. The van der Waals surface area contributed by atoms with Crippen LogP contribution in [0.5, 0.6) is 0 Å². The minimum atomic E-state index is -0.832. The summed E-state index contributed by atoms with van der Waals surface area (Å²) in [4.78, 5) is 21.5. The maximum atomic E-state index is 11.3. The molecule has 1 fully saturated rings. The maximum absolute atomic E-state index is 11.3. The Morgan fingerprint density at radius 2 is 2.00 bits per heavy atom. The van der Waals surface area contributed by atoms with Crippen molar-refractivity contribution in [1.82, 2.24) is 10.6 Å². The first-order valence-corrected chi connectivity index (χ1v) is 5.65. The van der Waals surface area contributed by atoms with Crippen LogP contribution in [0.2, 0.25) is 0 Å². The molecule has 1 aliphatic carbocycles. The predicted molar refractivity (Wildman–Crippen MR) is 60.2 cm³/mol. The monoisotopic (exact) mass is 228 g/mol. The second-order valence-electron chi connectivity index (χ2n) is 5.02. The molecule has 5 heteroatoms. The molecule has 3 N–H and O–H groups in total. The molecule has 1 aliphatic rings. The van der Waals surface area contributed by atoms with E-state index in [1.165, 1.54) is 0 Å². The van der Waals surface area contributed by atoms with Gasteiger partial charge in [0.2, 0.25) is 0 Å². The fourth-order valence-electron chi connectivity index (χ4n) is 1.64. The summed E-state index contributed by atoms with van der Waals surface area (Å²) in [5.74, 6) is -0.251. The molecule has 0 heterocycles. The van der Waals surface area contributed by atoms with Crippen molar-refractivity contribution in [3.8, 4) is 0 Å². The molecule has 5 nitrogen and oxygen atoms in total. The molecular weight excluding hydrogens is 208 g/mol. The van der Waals surface area contributed by atoms with Crippen LogP contribution in [0.15, 0.2) is 0 Å². The van der Waals surface area contributed by atoms with E-state index in [1.807, 2.05) is 0 Å². The van der Waals surface area contributed by atoms with Gasteiger partial charge in [-0.05, 0) is 24.2 Å². The van der Waals surface area contributed by atoms with Crippen LogP contribution in [0.3, 0.4) is 0 Å². The van der Waals surface area contributed by atoms with E-state index in [0.29, 0.717) is 30.8 Å². The highest BCUT2D eigenvalue weighted by molar-refractivity contribution is 5.74. The van der Waals surface area contributed by atoms with E-state index in [9.17, 15) is 9.59 Å². The zero-order valence-electron chi connectivity index (χ0n) is 9.88. The summed E-state index contributed by atoms with van der Waals surface area (Å²) in [6.07, 6.45) is 1.72. The van der Waals surface area contributed by atoms with E-state index < -0.39 is 5.97 Å². The van der Waals surface area contributed by atoms with E-state index in [1.54, 1.807) is 0 Å². The molecule has 0 saturated heterocycles. The number of aliphatic carboxylic acids is 1. The second-order valence-corrected chi connectivity index (χ2v) is 5.02. The Balaban J connectivity index is 1.97. The van der Waals surface area contributed by atoms with Crippen molar-refractivity contribution in [2.45, 2.75) is 33.1 Å². The summed E-state index contributed by atoms with van der Waals surface area (Å²) in [6.45, 7) is 5.48. The summed E-state index contributed by atoms with van der Waals surface area (Å²) < 4.78 is 0. The quantitative estimate of drug-likeness (QED) is 0.598. The van der Waals surface area contributed by atoms with E-state index in [-0.39, 0.29) is 12.5 Å². The van der Waals surface area contributed by atoms with Crippen molar-refractivity contribution < 1.29 is 14.7 Å². The number of carboxylic acid groups (broad SMARTS) is 1. The van der Waals surface area contributed by atoms with Crippen molar-refractivity contribution in [2.24, 2.45) is 11.3 Å². The van der Waals surface area contributed by atoms with Crippen LogP contribution in [0.1, 0.15) is 33.1 Å². The van der Waals surface area contributed by atoms with Gasteiger partial charge in [0.05, 0.1) is 0 Å². The van der Waals surface area contributed by atoms with Gasteiger partial charge in [0, 0.05) is 19.5 Å². The summed E-state index contributed by atoms with van der Waals surface area (Å²) in [5, 5.41) is 13.8. The van der Waals surface area contributed by atoms with Gasteiger partial charge in [0.1, 0.15) is 0 Å². The number of carboxylic acids is 1. The Hall–Kier alpha value is -1.26. The van der Waals surface area contributed by atoms with Crippen LogP contribution in [0.4, 0.5) is 4.79 Å². The molecule has 1 unspecified atom stereocenters. The first-order chi connectivity index (χ1) is 7.42. The van der Waals surface area contributed by atoms with Gasteiger partial charge >= 0.3 is 12.0 Å². The van der Waals surface area contributed by atoms with Crippen LogP contribution in [-0.2, 0) is 4.79 Å². The molecule has 0 spiro atoms. The molecule has 16 heavy (non-hydrogen) atoms. The molecular formula is C11H20N2O3. The third kappa shape index (κ3) is 4.51. The number of hydrogen-bond donors (Lipinski definition) is 3. The van der Waals surface area contributed by atoms with E-state index in [4.69, 9.17) is 5.11 Å². The van der Waals surface area contributed by atoms with Crippen LogP contribution < -0.4 is 10.6 Å². The number of carbonyl (C=O) groups excluding carboxylic acids is 1. The molecule has 0 aromatic heterocycles.